The summed E-state index contributed by atoms with van der Waals surface area (Å²) in [5, 5.41) is 3.48. The molecule has 9 heteroatoms. The molecule has 94 valence electrons. The number of nitrogens with zero attached hydrogens (tertiary/aromatic N) is 3. The maximum absolute atomic E-state index is 12.8. The van der Waals surface area contributed by atoms with Gasteiger partial charge in [0.25, 0.3) is 5.78 Å². The summed E-state index contributed by atoms with van der Waals surface area (Å²) in [6, 6.07) is 1.52. The first-order valence-electron chi connectivity index (χ1n) is 4.71. The summed E-state index contributed by atoms with van der Waals surface area (Å²) in [4.78, 5) is 19.0. The molecule has 0 aromatic carbocycles. The first-order valence-corrected chi connectivity index (χ1v) is 5.63. The van der Waals surface area contributed by atoms with Crippen molar-refractivity contribution in [2.45, 2.75) is 6.61 Å². The standard InChI is InChI=1S/C9H7FN4O2S2/c10-6(3-17)8(15)16-2-5-1-7(18)14-9(13-5)11-4-12-14/h1,3-4,17H,2H2,(H,11,12,13)/b6-3-. The van der Waals surface area contributed by atoms with E-state index < -0.39 is 11.8 Å². The van der Waals surface area contributed by atoms with Gasteiger partial charge in [0, 0.05) is 11.5 Å². The molecule has 2 rings (SSSR count). The molecule has 6 nitrogen and oxygen atoms in total. The van der Waals surface area contributed by atoms with Crippen LogP contribution in [0.2, 0.25) is 0 Å². The molecule has 18 heavy (non-hydrogen) atoms. The van der Waals surface area contributed by atoms with Gasteiger partial charge in [0.15, 0.2) is 0 Å². The second-order valence-electron chi connectivity index (χ2n) is 3.16. The molecule has 0 aliphatic heterocycles. The number of ether oxygens (including phenoxy) is 1. The lowest BCUT2D eigenvalue weighted by Gasteiger charge is -2.02. The van der Waals surface area contributed by atoms with E-state index in [0.29, 0.717) is 16.1 Å². The van der Waals surface area contributed by atoms with E-state index in [1.165, 1.54) is 16.9 Å². The molecular weight excluding hydrogens is 279 g/mol. The van der Waals surface area contributed by atoms with Crippen molar-refractivity contribution in [3.8, 4) is 0 Å². The Bertz CT molecular complexity index is 679. The summed E-state index contributed by atoms with van der Waals surface area (Å²) in [6.07, 6.45) is 1.43. The molecule has 0 saturated carbocycles. The largest absolute Gasteiger partial charge is 0.454 e. The zero-order valence-electron chi connectivity index (χ0n) is 8.83. The minimum Gasteiger partial charge on any atom is -0.454 e. The van der Waals surface area contributed by atoms with E-state index in [-0.39, 0.29) is 6.61 Å². The van der Waals surface area contributed by atoms with E-state index in [4.69, 9.17) is 12.2 Å². The van der Waals surface area contributed by atoms with Gasteiger partial charge in [-0.3, -0.25) is 5.10 Å². The summed E-state index contributed by atoms with van der Waals surface area (Å²) in [7, 11) is 0. The van der Waals surface area contributed by atoms with Crippen LogP contribution in [-0.4, -0.2) is 25.6 Å². The highest BCUT2D eigenvalue weighted by molar-refractivity contribution is 7.83. The lowest BCUT2D eigenvalue weighted by atomic mass is 10.4. The van der Waals surface area contributed by atoms with Crippen molar-refractivity contribution in [1.82, 2.24) is 19.6 Å². The molecule has 0 unspecified atom stereocenters. The van der Waals surface area contributed by atoms with E-state index in [1.807, 2.05) is 0 Å². The predicted molar refractivity (Wildman–Crippen MR) is 66.1 cm³/mol. The fraction of sp³-hybridized carbons (Fsp3) is 0.111. The Morgan fingerprint density at radius 1 is 1.72 bits per heavy atom. The lowest BCUT2D eigenvalue weighted by molar-refractivity contribution is -0.142. The highest BCUT2D eigenvalue weighted by atomic mass is 32.1. The number of halogens is 1. The first kappa shape index (κ1) is 12.7. The van der Waals surface area contributed by atoms with Crippen molar-refractivity contribution in [1.29, 1.82) is 0 Å². The molecule has 0 atom stereocenters. The van der Waals surface area contributed by atoms with Gasteiger partial charge >= 0.3 is 5.97 Å². The summed E-state index contributed by atoms with van der Waals surface area (Å²) in [5.41, 5.74) is 0.382. The molecule has 2 aromatic rings. The third-order valence-electron chi connectivity index (χ3n) is 1.98. The van der Waals surface area contributed by atoms with Crippen molar-refractivity contribution < 1.29 is 13.9 Å². The van der Waals surface area contributed by atoms with Crippen molar-refractivity contribution >= 4 is 36.6 Å². The van der Waals surface area contributed by atoms with Gasteiger partial charge in [0.05, 0.1) is 5.69 Å². The van der Waals surface area contributed by atoms with Gasteiger partial charge in [0.2, 0.25) is 5.83 Å². The second kappa shape index (κ2) is 5.27. The number of thiol groups is 1. The molecule has 0 aliphatic carbocycles. The van der Waals surface area contributed by atoms with Crippen LogP contribution >= 0.6 is 24.8 Å². The van der Waals surface area contributed by atoms with E-state index >= 15 is 0 Å². The molecule has 0 spiro atoms. The van der Waals surface area contributed by atoms with Gasteiger partial charge in [-0.2, -0.15) is 4.39 Å². The van der Waals surface area contributed by atoms with Crippen LogP contribution in [0.15, 0.2) is 23.6 Å². The van der Waals surface area contributed by atoms with Gasteiger partial charge in [0.1, 0.15) is 17.6 Å². The highest BCUT2D eigenvalue weighted by Crippen LogP contribution is 2.06. The molecule has 0 aliphatic rings. The molecule has 2 aromatic heterocycles. The maximum atomic E-state index is 12.8. The fourth-order valence-corrected chi connectivity index (χ4v) is 1.58. The van der Waals surface area contributed by atoms with E-state index in [1.54, 1.807) is 0 Å². The van der Waals surface area contributed by atoms with Crippen LogP contribution in [0.4, 0.5) is 4.39 Å². The maximum Gasteiger partial charge on any atom is 0.368 e. The minimum absolute atomic E-state index is 0.194. The summed E-state index contributed by atoms with van der Waals surface area (Å²) in [5.74, 6) is -1.83. The Balaban J connectivity index is 2.18. The van der Waals surface area contributed by atoms with Crippen molar-refractivity contribution in [2.24, 2.45) is 0 Å². The molecule has 2 heterocycles. The molecule has 0 fully saturated rings. The monoisotopic (exact) mass is 286 g/mol. The van der Waals surface area contributed by atoms with Gasteiger partial charge < -0.3 is 4.74 Å². The predicted octanol–water partition coefficient (Wildman–Crippen LogP) is 1.57. The van der Waals surface area contributed by atoms with Crippen molar-refractivity contribution in [3.63, 3.8) is 0 Å². The summed E-state index contributed by atoms with van der Waals surface area (Å²) in [6.45, 7) is -0.194. The number of carbonyl (C=O) groups is 1. The number of aromatic nitrogens is 4. The number of hydrogen-bond donors (Lipinski definition) is 2. The normalized spacial score (nSPS) is 11.8. The molecule has 0 radical (unpaired) electrons. The van der Waals surface area contributed by atoms with E-state index in [0.717, 1.165) is 5.41 Å². The lowest BCUT2D eigenvalue weighted by Crippen LogP contribution is -2.07. The highest BCUT2D eigenvalue weighted by Gasteiger charge is 2.10. The Labute approximate surface area is 111 Å². The molecular formula is C9H7FN4O2S2. The van der Waals surface area contributed by atoms with E-state index in [2.05, 4.69) is 32.4 Å². The third kappa shape index (κ3) is 2.57. The zero-order chi connectivity index (χ0) is 13.1. The number of hydrogen-bond acceptors (Lipinski definition) is 6. The Morgan fingerprint density at radius 2 is 2.50 bits per heavy atom. The molecule has 0 saturated heterocycles. The van der Waals surface area contributed by atoms with Crippen LogP contribution in [0.25, 0.3) is 5.78 Å². The number of aromatic amines is 1. The van der Waals surface area contributed by atoms with Crippen LogP contribution < -0.4 is 0 Å². The average Bonchev–Trinajstić information content (AvgIpc) is 2.83. The quantitative estimate of drug-likeness (QED) is 0.388. The summed E-state index contributed by atoms with van der Waals surface area (Å²) < 4.78 is 19.3. The minimum atomic E-state index is -1.10. The van der Waals surface area contributed by atoms with Crippen LogP contribution in [0, 0.1) is 4.64 Å². The van der Waals surface area contributed by atoms with Gasteiger partial charge in [-0.05, 0) is 0 Å². The number of carbonyl (C=O) groups excluding carboxylic acids is 1. The molecule has 0 amide bonds. The third-order valence-corrected chi connectivity index (χ3v) is 2.51. The summed E-state index contributed by atoms with van der Waals surface area (Å²) >= 11 is 8.57. The number of esters is 1. The van der Waals surface area contributed by atoms with Crippen molar-refractivity contribution in [2.75, 3.05) is 0 Å². The smallest absolute Gasteiger partial charge is 0.368 e. The van der Waals surface area contributed by atoms with Crippen LogP contribution in [0.5, 0.6) is 0 Å². The average molecular weight is 286 g/mol. The zero-order valence-corrected chi connectivity index (χ0v) is 10.5. The molecule has 0 bridgehead atoms. The number of H-pyrrole nitrogens is 1. The number of fused-ring (bicyclic) bond motifs is 1. The Hall–Kier alpha value is -1.74. The van der Waals surface area contributed by atoms with Crippen molar-refractivity contribution in [3.05, 3.63) is 34.0 Å². The van der Waals surface area contributed by atoms with Gasteiger partial charge in [-0.1, -0.05) is 12.2 Å². The SMILES string of the molecule is O=C(OCc1cc(=S)n2[nH]cnc2n1)/C(F)=C/S. The number of rotatable bonds is 3. The van der Waals surface area contributed by atoms with Crippen LogP contribution in [0.1, 0.15) is 5.69 Å². The van der Waals surface area contributed by atoms with E-state index in [9.17, 15) is 9.18 Å². The Kier molecular flexibility index (Phi) is 3.72. The topological polar surface area (TPSA) is 72.3 Å². The fourth-order valence-electron chi connectivity index (χ4n) is 1.20. The van der Waals surface area contributed by atoms with Gasteiger partial charge in [-0.15, -0.1) is 12.6 Å². The number of nitrogens with one attached hydrogen (secondary N) is 1. The molecule has 1 N–H and O–H groups in total. The second-order valence-corrected chi connectivity index (χ2v) is 3.84. The first-order chi connectivity index (χ1) is 8.61. The van der Waals surface area contributed by atoms with Crippen LogP contribution in [0.3, 0.4) is 0 Å². The Morgan fingerprint density at radius 3 is 3.22 bits per heavy atom. The van der Waals surface area contributed by atoms with Crippen LogP contribution in [-0.2, 0) is 16.1 Å². The van der Waals surface area contributed by atoms with Gasteiger partial charge in [-0.25, -0.2) is 19.3 Å².